The van der Waals surface area contributed by atoms with Crippen molar-refractivity contribution in [1.29, 1.82) is 0 Å². The van der Waals surface area contributed by atoms with E-state index in [2.05, 4.69) is 43.4 Å². The van der Waals surface area contributed by atoms with Gasteiger partial charge in [0.2, 0.25) is 0 Å². The van der Waals surface area contributed by atoms with Crippen LogP contribution in [0.5, 0.6) is 5.75 Å². The van der Waals surface area contributed by atoms with Gasteiger partial charge in [-0.2, -0.15) is 0 Å². The molecule has 2 aliphatic rings. The molecule has 1 unspecified atom stereocenters. The number of benzene rings is 1. The molecule has 1 atom stereocenters. The Hall–Kier alpha value is -0.0499. The second-order valence-corrected chi connectivity index (χ2v) is 3.50. The third kappa shape index (κ3) is 2.44. The molecule has 1 aliphatic carbocycles. The number of halogens is 2. The summed E-state index contributed by atoms with van der Waals surface area (Å²) in [4.78, 5) is 0. The van der Waals surface area contributed by atoms with Crippen molar-refractivity contribution in [3.8, 4) is 5.75 Å². The number of allylic oxidation sites excluding steroid dienone is 1. The van der Waals surface area contributed by atoms with Crippen molar-refractivity contribution in [3.63, 3.8) is 0 Å². The van der Waals surface area contributed by atoms with Crippen molar-refractivity contribution in [1.82, 2.24) is 0 Å². The Bertz CT molecular complexity index is 523. The van der Waals surface area contributed by atoms with E-state index in [1.165, 1.54) is 16.0 Å². The van der Waals surface area contributed by atoms with Crippen molar-refractivity contribution in [2.24, 2.45) is 0 Å². The Labute approximate surface area is 126 Å². The van der Waals surface area contributed by atoms with Gasteiger partial charge in [-0.25, -0.2) is 0 Å². The minimum absolute atomic E-state index is 0. The minimum atomic E-state index is 0. The molecule has 82 valence electrons. The normalized spacial score (nSPS) is 17.4. The molecule has 0 amide bonds. The topological polar surface area (TPSA) is 9.23 Å². The molecular formula is C12H10Cl2HfO. The number of ether oxygens (including phenoxy) is 1. The van der Waals surface area contributed by atoms with Crippen molar-refractivity contribution >= 4 is 18.2 Å². The van der Waals surface area contributed by atoms with Crippen LogP contribution in [0.25, 0.3) is 18.2 Å². The van der Waals surface area contributed by atoms with Crippen molar-refractivity contribution in [2.75, 3.05) is 0 Å². The summed E-state index contributed by atoms with van der Waals surface area (Å²) in [6.07, 6.45) is 8.66. The average Bonchev–Trinajstić information content (AvgIpc) is 2.65. The molecule has 0 bridgehead atoms. The molecule has 0 spiro atoms. The predicted molar refractivity (Wildman–Crippen MR) is 53.7 cm³/mol. The van der Waals surface area contributed by atoms with Crippen LogP contribution in [0.3, 0.4) is 0 Å². The van der Waals surface area contributed by atoms with Crippen LogP contribution < -0.4 is 40.0 Å². The molecule has 1 aliphatic heterocycles. The Morgan fingerprint density at radius 2 is 1.81 bits per heavy atom. The third-order valence-electron chi connectivity index (χ3n) is 2.52. The van der Waals surface area contributed by atoms with E-state index in [-0.39, 0.29) is 56.8 Å². The maximum Gasteiger partial charge on any atom is 2.00 e. The molecular weight excluding hydrogens is 410 g/mol. The zero-order chi connectivity index (χ0) is 8.84. The first kappa shape index (κ1) is 16.0. The molecule has 0 saturated carbocycles. The van der Waals surface area contributed by atoms with E-state index < -0.39 is 0 Å². The second-order valence-electron chi connectivity index (χ2n) is 3.50. The van der Waals surface area contributed by atoms with Crippen LogP contribution in [0.1, 0.15) is 12.5 Å². The SMILES string of the molecule is CC1C=c2ccc3c(c2O1)C=CC=3.[Cl-].[Cl-].[Hf+2]. The molecule has 16 heavy (non-hydrogen) atoms. The first-order valence-electron chi connectivity index (χ1n) is 4.54. The second kappa shape index (κ2) is 6.04. The molecule has 0 saturated heterocycles. The first-order valence-corrected chi connectivity index (χ1v) is 4.54. The van der Waals surface area contributed by atoms with Crippen LogP contribution in [0.15, 0.2) is 18.2 Å². The zero-order valence-corrected chi connectivity index (χ0v) is 13.8. The van der Waals surface area contributed by atoms with E-state index in [0.717, 1.165) is 5.75 Å². The fourth-order valence-corrected chi connectivity index (χ4v) is 1.93. The van der Waals surface area contributed by atoms with E-state index in [9.17, 15) is 0 Å². The Balaban J connectivity index is 0.000000750. The minimum Gasteiger partial charge on any atom is -1.00 e. The smallest absolute Gasteiger partial charge is 1.00 e. The summed E-state index contributed by atoms with van der Waals surface area (Å²) < 4.78 is 5.72. The largest absolute Gasteiger partial charge is 2.00 e. The monoisotopic (exact) mass is 420 g/mol. The van der Waals surface area contributed by atoms with Crippen molar-refractivity contribution < 1.29 is 55.4 Å². The van der Waals surface area contributed by atoms with Crippen LogP contribution >= 0.6 is 0 Å². The molecule has 1 aromatic rings. The van der Waals surface area contributed by atoms with Gasteiger partial charge in [-0.15, -0.1) is 0 Å². The molecule has 1 nitrogen and oxygen atoms in total. The summed E-state index contributed by atoms with van der Waals surface area (Å²) in [5, 5.41) is 2.49. The quantitative estimate of drug-likeness (QED) is 0.383. The standard InChI is InChI=1S/C12H10O.2ClH.Hf/c1-8-7-10-6-5-9-3-2-4-11(9)12(10)13-8;;;/h2-8H,1H3;2*1H;/q;;;+2/p-2. The predicted octanol–water partition coefficient (Wildman–Crippen LogP) is -4.94. The average molecular weight is 420 g/mol. The molecule has 1 heterocycles. The van der Waals surface area contributed by atoms with E-state index in [4.69, 9.17) is 4.74 Å². The van der Waals surface area contributed by atoms with Crippen LogP contribution in [0.2, 0.25) is 0 Å². The van der Waals surface area contributed by atoms with Crippen molar-refractivity contribution in [3.05, 3.63) is 34.2 Å². The van der Waals surface area contributed by atoms with Crippen LogP contribution in [0, 0.1) is 0 Å². The van der Waals surface area contributed by atoms with Gasteiger partial charge in [0.25, 0.3) is 0 Å². The van der Waals surface area contributed by atoms with E-state index in [1.54, 1.807) is 0 Å². The summed E-state index contributed by atoms with van der Waals surface area (Å²) in [6, 6.07) is 4.27. The number of rotatable bonds is 0. The molecule has 1 aromatic carbocycles. The van der Waals surface area contributed by atoms with E-state index in [1.807, 2.05) is 0 Å². The molecule has 0 aromatic heterocycles. The van der Waals surface area contributed by atoms with Gasteiger partial charge >= 0.3 is 25.8 Å². The number of hydrogen-bond acceptors (Lipinski definition) is 1. The first-order chi connectivity index (χ1) is 6.34. The summed E-state index contributed by atoms with van der Waals surface area (Å²) in [5.41, 5.74) is 1.23. The van der Waals surface area contributed by atoms with E-state index >= 15 is 0 Å². The van der Waals surface area contributed by atoms with Gasteiger partial charge in [-0.1, -0.05) is 30.4 Å². The molecule has 4 heteroatoms. The zero-order valence-electron chi connectivity index (χ0n) is 8.71. The van der Waals surface area contributed by atoms with Crippen LogP contribution in [-0.2, 0) is 25.8 Å². The molecule has 0 fully saturated rings. The van der Waals surface area contributed by atoms with E-state index in [0.29, 0.717) is 0 Å². The summed E-state index contributed by atoms with van der Waals surface area (Å²) in [5.74, 6) is 1.05. The van der Waals surface area contributed by atoms with Gasteiger partial charge in [-0.05, 0) is 18.2 Å². The fourth-order valence-electron chi connectivity index (χ4n) is 1.93. The molecule has 0 radical (unpaired) electrons. The van der Waals surface area contributed by atoms with Gasteiger partial charge in [-0.3, -0.25) is 0 Å². The van der Waals surface area contributed by atoms with Crippen LogP contribution in [-0.4, -0.2) is 6.10 Å². The summed E-state index contributed by atoms with van der Waals surface area (Å²) >= 11 is 0. The number of fused-ring (bicyclic) bond motifs is 3. The third-order valence-corrected chi connectivity index (χ3v) is 2.52. The fraction of sp³-hybridized carbons (Fsp3) is 0.167. The summed E-state index contributed by atoms with van der Waals surface area (Å²) in [7, 11) is 0. The van der Waals surface area contributed by atoms with Gasteiger partial charge in [0.1, 0.15) is 11.9 Å². The molecule has 3 rings (SSSR count). The Morgan fingerprint density at radius 1 is 1.12 bits per heavy atom. The van der Waals surface area contributed by atoms with Gasteiger partial charge in [0.05, 0.1) is 0 Å². The summed E-state index contributed by atoms with van der Waals surface area (Å²) in [6.45, 7) is 2.06. The Kier molecular flexibility index (Phi) is 6.02. The van der Waals surface area contributed by atoms with Gasteiger partial charge in [0, 0.05) is 10.8 Å². The van der Waals surface area contributed by atoms with Crippen LogP contribution in [0.4, 0.5) is 0 Å². The maximum atomic E-state index is 5.72. The maximum absolute atomic E-state index is 5.72. The van der Waals surface area contributed by atoms with Gasteiger partial charge < -0.3 is 29.6 Å². The Morgan fingerprint density at radius 3 is 2.56 bits per heavy atom. The van der Waals surface area contributed by atoms with Gasteiger partial charge in [0.15, 0.2) is 0 Å². The molecule has 0 N–H and O–H groups in total. The van der Waals surface area contributed by atoms with Crippen molar-refractivity contribution in [2.45, 2.75) is 13.0 Å². The number of hydrogen-bond donors (Lipinski definition) is 0.